The fourth-order valence-electron chi connectivity index (χ4n) is 3.91. The van der Waals surface area contributed by atoms with Crippen molar-refractivity contribution in [3.05, 3.63) is 0 Å². The highest BCUT2D eigenvalue weighted by atomic mass is 16.4. The zero-order chi connectivity index (χ0) is 23.2. The molecule has 0 rings (SSSR count). The van der Waals surface area contributed by atoms with E-state index < -0.39 is 31.0 Å². The number of rotatable bonds is 24. The van der Waals surface area contributed by atoms with Crippen LogP contribution < -0.4 is 5.32 Å². The third kappa shape index (κ3) is 19.0. The summed E-state index contributed by atoms with van der Waals surface area (Å²) in [5.41, 5.74) is 0. The van der Waals surface area contributed by atoms with Gasteiger partial charge in [-0.3, -0.25) is 0 Å². The Morgan fingerprint density at radius 1 is 0.516 bits per heavy atom. The summed E-state index contributed by atoms with van der Waals surface area (Å²) in [6.45, 7) is 2.51. The summed E-state index contributed by atoms with van der Waals surface area (Å²) in [4.78, 5) is 0. The molecular formula is C25H53NO5. The zero-order valence-electron chi connectivity index (χ0n) is 20.2. The first-order chi connectivity index (χ1) is 15.0. The number of unbranched alkanes of at least 4 members (excludes halogenated alkanes) is 16. The van der Waals surface area contributed by atoms with Gasteiger partial charge in [0.15, 0.2) is 0 Å². The molecule has 0 aromatic carbocycles. The van der Waals surface area contributed by atoms with E-state index in [-0.39, 0.29) is 6.54 Å². The molecular weight excluding hydrogens is 394 g/mol. The van der Waals surface area contributed by atoms with Crippen LogP contribution in [0, 0.1) is 0 Å². The SMILES string of the molecule is CCCCCCCCCCCCCCCCCCCNC[C@H](O)[C@@H](O)[C@H](O)[C@H](O)CO. The normalized spacial score (nSPS) is 15.7. The van der Waals surface area contributed by atoms with E-state index in [9.17, 15) is 20.4 Å². The highest BCUT2D eigenvalue weighted by Gasteiger charge is 2.29. The van der Waals surface area contributed by atoms with Gasteiger partial charge in [0.25, 0.3) is 0 Å². The van der Waals surface area contributed by atoms with Crippen molar-refractivity contribution in [2.75, 3.05) is 19.7 Å². The van der Waals surface area contributed by atoms with Crippen LogP contribution in [0.15, 0.2) is 0 Å². The molecule has 0 aliphatic heterocycles. The van der Waals surface area contributed by atoms with Gasteiger partial charge in [-0.25, -0.2) is 0 Å². The number of hydrogen-bond donors (Lipinski definition) is 6. The van der Waals surface area contributed by atoms with Gasteiger partial charge in [0.2, 0.25) is 0 Å². The van der Waals surface area contributed by atoms with Crippen molar-refractivity contribution in [3.63, 3.8) is 0 Å². The van der Waals surface area contributed by atoms with E-state index in [1.54, 1.807) is 0 Å². The Kier molecular flexibility index (Phi) is 22.8. The second-order valence-corrected chi connectivity index (χ2v) is 9.16. The Labute approximate surface area is 191 Å². The van der Waals surface area contributed by atoms with Crippen molar-refractivity contribution >= 4 is 0 Å². The molecule has 0 amide bonds. The Balaban J connectivity index is 3.28. The molecule has 0 aromatic rings. The summed E-state index contributed by atoms with van der Waals surface area (Å²) in [7, 11) is 0. The van der Waals surface area contributed by atoms with Crippen molar-refractivity contribution in [1.82, 2.24) is 5.32 Å². The van der Waals surface area contributed by atoms with Crippen molar-refractivity contribution in [3.8, 4) is 0 Å². The molecule has 0 saturated carbocycles. The van der Waals surface area contributed by atoms with E-state index >= 15 is 0 Å². The molecule has 0 radical (unpaired) electrons. The van der Waals surface area contributed by atoms with E-state index in [1.165, 1.54) is 96.3 Å². The number of aliphatic hydroxyl groups excluding tert-OH is 5. The zero-order valence-corrected chi connectivity index (χ0v) is 20.2. The quantitative estimate of drug-likeness (QED) is 0.126. The lowest BCUT2D eigenvalue weighted by atomic mass is 10.0. The highest BCUT2D eigenvalue weighted by Crippen LogP contribution is 2.14. The van der Waals surface area contributed by atoms with E-state index in [0.29, 0.717) is 0 Å². The van der Waals surface area contributed by atoms with Gasteiger partial charge in [-0.05, 0) is 13.0 Å². The lowest BCUT2D eigenvalue weighted by Gasteiger charge is -2.25. The van der Waals surface area contributed by atoms with Crippen LogP contribution >= 0.6 is 0 Å². The predicted octanol–water partition coefficient (Wildman–Crippen LogP) is 3.66. The average molecular weight is 448 g/mol. The molecule has 0 unspecified atom stereocenters. The first-order valence-corrected chi connectivity index (χ1v) is 13.1. The number of hydrogen-bond acceptors (Lipinski definition) is 6. The Morgan fingerprint density at radius 2 is 0.871 bits per heavy atom. The summed E-state index contributed by atoms with van der Waals surface area (Å²) in [6.07, 6.45) is 17.1. The second-order valence-electron chi connectivity index (χ2n) is 9.16. The van der Waals surface area contributed by atoms with Gasteiger partial charge in [0.1, 0.15) is 18.3 Å². The summed E-state index contributed by atoms with van der Waals surface area (Å²) in [5, 5.41) is 50.2. The average Bonchev–Trinajstić information content (AvgIpc) is 2.78. The molecule has 0 fully saturated rings. The van der Waals surface area contributed by atoms with Crippen LogP contribution in [0.25, 0.3) is 0 Å². The van der Waals surface area contributed by atoms with Crippen LogP contribution in [0.5, 0.6) is 0 Å². The van der Waals surface area contributed by atoms with Gasteiger partial charge in [-0.2, -0.15) is 0 Å². The van der Waals surface area contributed by atoms with Gasteiger partial charge in [0, 0.05) is 6.54 Å². The molecule has 0 saturated heterocycles. The number of aliphatic hydroxyl groups is 5. The second kappa shape index (κ2) is 22.9. The number of nitrogens with one attached hydrogen (secondary N) is 1. The minimum Gasteiger partial charge on any atom is -0.394 e. The summed E-state index contributed by atoms with van der Waals surface area (Å²) in [6, 6.07) is 0. The standard InChI is InChI=1S/C25H53NO5/c1-2-3-4-5-6-7-8-9-10-11-12-13-14-15-16-17-18-19-26-20-22(28)24(30)25(31)23(29)21-27/h22-31H,2-21H2,1H3/t22-,23+,24+,25+/m0/s1. The molecule has 188 valence electrons. The van der Waals surface area contributed by atoms with Crippen LogP contribution in [0.4, 0.5) is 0 Å². The minimum atomic E-state index is -1.55. The molecule has 0 bridgehead atoms. The smallest absolute Gasteiger partial charge is 0.111 e. The van der Waals surface area contributed by atoms with Gasteiger partial charge in [0.05, 0.1) is 12.7 Å². The molecule has 6 heteroatoms. The maximum absolute atomic E-state index is 9.81. The first-order valence-electron chi connectivity index (χ1n) is 13.1. The summed E-state index contributed by atoms with van der Waals surface area (Å²) >= 11 is 0. The van der Waals surface area contributed by atoms with Crippen LogP contribution in [0.3, 0.4) is 0 Å². The molecule has 6 nitrogen and oxygen atoms in total. The molecule has 0 aliphatic carbocycles. The van der Waals surface area contributed by atoms with E-state index in [4.69, 9.17) is 5.11 Å². The van der Waals surface area contributed by atoms with Gasteiger partial charge >= 0.3 is 0 Å². The fraction of sp³-hybridized carbons (Fsp3) is 1.00. The third-order valence-electron chi connectivity index (χ3n) is 6.14. The lowest BCUT2D eigenvalue weighted by molar-refractivity contribution is -0.113. The van der Waals surface area contributed by atoms with Crippen molar-refractivity contribution in [1.29, 1.82) is 0 Å². The van der Waals surface area contributed by atoms with Crippen LogP contribution in [0.1, 0.15) is 116 Å². The molecule has 0 heterocycles. The Hall–Kier alpha value is -0.240. The molecule has 0 spiro atoms. The fourth-order valence-corrected chi connectivity index (χ4v) is 3.91. The molecule has 4 atom stereocenters. The predicted molar refractivity (Wildman–Crippen MR) is 128 cm³/mol. The van der Waals surface area contributed by atoms with Crippen molar-refractivity contribution < 1.29 is 25.5 Å². The van der Waals surface area contributed by atoms with Crippen LogP contribution in [-0.4, -0.2) is 69.6 Å². The largest absolute Gasteiger partial charge is 0.394 e. The Bertz CT molecular complexity index is 359. The van der Waals surface area contributed by atoms with E-state index in [2.05, 4.69) is 12.2 Å². The van der Waals surface area contributed by atoms with Gasteiger partial charge in [-0.15, -0.1) is 0 Å². The molecule has 0 aromatic heterocycles. The highest BCUT2D eigenvalue weighted by molar-refractivity contribution is 4.81. The van der Waals surface area contributed by atoms with Crippen LogP contribution in [-0.2, 0) is 0 Å². The van der Waals surface area contributed by atoms with E-state index in [1.807, 2.05) is 0 Å². The monoisotopic (exact) mass is 447 g/mol. The Morgan fingerprint density at radius 3 is 1.26 bits per heavy atom. The van der Waals surface area contributed by atoms with Gasteiger partial charge < -0.3 is 30.8 Å². The van der Waals surface area contributed by atoms with Gasteiger partial charge in [-0.1, -0.05) is 110 Å². The minimum absolute atomic E-state index is 0.148. The maximum Gasteiger partial charge on any atom is 0.111 e. The summed E-state index contributed by atoms with van der Waals surface area (Å²) in [5.74, 6) is 0. The topological polar surface area (TPSA) is 113 Å². The van der Waals surface area contributed by atoms with E-state index in [0.717, 1.165) is 19.4 Å². The van der Waals surface area contributed by atoms with Crippen molar-refractivity contribution in [2.45, 2.75) is 140 Å². The lowest BCUT2D eigenvalue weighted by Crippen LogP contribution is -2.49. The molecule has 0 aliphatic rings. The molecule has 6 N–H and O–H groups in total. The summed E-state index contributed by atoms with van der Waals surface area (Å²) < 4.78 is 0. The molecule has 31 heavy (non-hydrogen) atoms. The van der Waals surface area contributed by atoms with Crippen LogP contribution in [0.2, 0.25) is 0 Å². The third-order valence-corrected chi connectivity index (χ3v) is 6.14. The van der Waals surface area contributed by atoms with Crippen molar-refractivity contribution in [2.24, 2.45) is 0 Å². The first kappa shape index (κ1) is 30.8. The maximum atomic E-state index is 9.81.